The van der Waals surface area contributed by atoms with Crippen LogP contribution < -0.4 is 11.3 Å². The molecule has 0 spiro atoms. The molecule has 1 atom stereocenters. The normalized spacial score (nSPS) is 12.7. The molecule has 3 aromatic rings. The van der Waals surface area contributed by atoms with Crippen molar-refractivity contribution in [2.24, 2.45) is 12.9 Å². The maximum Gasteiger partial charge on any atom is 0.0843 e. The van der Waals surface area contributed by atoms with Crippen molar-refractivity contribution >= 4 is 10.8 Å². The van der Waals surface area contributed by atoms with E-state index < -0.39 is 0 Å². The summed E-state index contributed by atoms with van der Waals surface area (Å²) in [6.45, 7) is 0. The summed E-state index contributed by atoms with van der Waals surface area (Å²) >= 11 is 0. The molecule has 0 saturated heterocycles. The third-order valence-corrected chi connectivity index (χ3v) is 3.64. The summed E-state index contributed by atoms with van der Waals surface area (Å²) in [5, 5.41) is 10.6. The minimum atomic E-state index is 0.142. The molecular formula is C16H19N5. The van der Waals surface area contributed by atoms with Gasteiger partial charge < -0.3 is 0 Å². The van der Waals surface area contributed by atoms with Crippen LogP contribution in [0.1, 0.15) is 11.3 Å². The minimum Gasteiger partial charge on any atom is -0.271 e. The molecule has 1 heterocycles. The summed E-state index contributed by atoms with van der Waals surface area (Å²) in [4.78, 5) is 0. The minimum absolute atomic E-state index is 0.142. The lowest BCUT2D eigenvalue weighted by atomic mass is 9.99. The first-order valence-corrected chi connectivity index (χ1v) is 7.03. The first kappa shape index (κ1) is 13.7. The van der Waals surface area contributed by atoms with E-state index in [1.807, 2.05) is 13.2 Å². The van der Waals surface area contributed by atoms with Crippen molar-refractivity contribution in [3.8, 4) is 0 Å². The van der Waals surface area contributed by atoms with Crippen LogP contribution in [0.5, 0.6) is 0 Å². The monoisotopic (exact) mass is 281 g/mol. The van der Waals surface area contributed by atoms with Gasteiger partial charge in [0.15, 0.2) is 0 Å². The van der Waals surface area contributed by atoms with E-state index in [1.165, 1.54) is 16.3 Å². The van der Waals surface area contributed by atoms with E-state index in [9.17, 15) is 0 Å². The lowest BCUT2D eigenvalue weighted by Gasteiger charge is -2.14. The Bertz CT molecular complexity index is 734. The summed E-state index contributed by atoms with van der Waals surface area (Å²) in [6.07, 6.45) is 3.54. The van der Waals surface area contributed by atoms with Crippen LogP contribution in [0.3, 0.4) is 0 Å². The average Bonchev–Trinajstić information content (AvgIpc) is 2.91. The van der Waals surface area contributed by atoms with E-state index in [0.717, 1.165) is 18.5 Å². The Balaban J connectivity index is 1.75. The average molecular weight is 281 g/mol. The van der Waals surface area contributed by atoms with Crippen molar-refractivity contribution in [1.82, 2.24) is 20.4 Å². The Hall–Kier alpha value is -2.24. The van der Waals surface area contributed by atoms with E-state index >= 15 is 0 Å². The zero-order valence-electron chi connectivity index (χ0n) is 12.0. The number of hydrazine groups is 1. The second-order valence-corrected chi connectivity index (χ2v) is 5.34. The van der Waals surface area contributed by atoms with Crippen LogP contribution in [0.25, 0.3) is 10.8 Å². The van der Waals surface area contributed by atoms with Gasteiger partial charge in [0.2, 0.25) is 0 Å². The van der Waals surface area contributed by atoms with Gasteiger partial charge in [0.1, 0.15) is 0 Å². The molecule has 0 aliphatic carbocycles. The van der Waals surface area contributed by atoms with Crippen molar-refractivity contribution in [3.63, 3.8) is 0 Å². The fourth-order valence-electron chi connectivity index (χ4n) is 2.58. The molecule has 5 heteroatoms. The second-order valence-electron chi connectivity index (χ2n) is 5.34. The number of fused-ring (bicyclic) bond motifs is 1. The maximum absolute atomic E-state index is 5.68. The van der Waals surface area contributed by atoms with Gasteiger partial charge in [-0.1, -0.05) is 47.7 Å². The number of rotatable bonds is 5. The Kier molecular flexibility index (Phi) is 3.94. The van der Waals surface area contributed by atoms with E-state index in [2.05, 4.69) is 58.2 Å². The third kappa shape index (κ3) is 3.26. The van der Waals surface area contributed by atoms with Crippen molar-refractivity contribution in [2.75, 3.05) is 0 Å². The van der Waals surface area contributed by atoms with Gasteiger partial charge in [-0.3, -0.25) is 16.0 Å². The molecule has 0 amide bonds. The number of hydrogen-bond acceptors (Lipinski definition) is 4. The molecule has 0 aliphatic heterocycles. The lowest BCUT2D eigenvalue weighted by Crippen LogP contribution is -2.38. The molecule has 1 aromatic heterocycles. The third-order valence-electron chi connectivity index (χ3n) is 3.64. The molecule has 0 saturated carbocycles. The SMILES string of the molecule is Cn1cc(CC(Cc2ccc3ccccc3c2)NN)nn1. The van der Waals surface area contributed by atoms with Crippen LogP contribution >= 0.6 is 0 Å². The fourth-order valence-corrected chi connectivity index (χ4v) is 2.58. The number of aromatic nitrogens is 3. The predicted molar refractivity (Wildman–Crippen MR) is 83.5 cm³/mol. The Morgan fingerprint density at radius 2 is 1.95 bits per heavy atom. The molecule has 5 nitrogen and oxygen atoms in total. The van der Waals surface area contributed by atoms with Crippen molar-refractivity contribution in [1.29, 1.82) is 0 Å². The quantitative estimate of drug-likeness (QED) is 0.550. The van der Waals surface area contributed by atoms with E-state index in [-0.39, 0.29) is 6.04 Å². The van der Waals surface area contributed by atoms with Gasteiger partial charge >= 0.3 is 0 Å². The molecule has 0 fully saturated rings. The van der Waals surface area contributed by atoms with Gasteiger partial charge in [-0.25, -0.2) is 0 Å². The molecule has 0 radical (unpaired) electrons. The van der Waals surface area contributed by atoms with E-state index in [1.54, 1.807) is 4.68 Å². The molecule has 0 aliphatic rings. The molecule has 3 N–H and O–H groups in total. The summed E-state index contributed by atoms with van der Waals surface area (Å²) < 4.78 is 1.71. The van der Waals surface area contributed by atoms with Crippen molar-refractivity contribution < 1.29 is 0 Å². The summed E-state index contributed by atoms with van der Waals surface area (Å²) in [5.74, 6) is 5.68. The lowest BCUT2D eigenvalue weighted by molar-refractivity contribution is 0.517. The van der Waals surface area contributed by atoms with E-state index in [4.69, 9.17) is 5.84 Å². The van der Waals surface area contributed by atoms with Crippen LogP contribution in [0.2, 0.25) is 0 Å². The van der Waals surface area contributed by atoms with Crippen LogP contribution in [0.4, 0.5) is 0 Å². The predicted octanol–water partition coefficient (Wildman–Crippen LogP) is 1.59. The highest BCUT2D eigenvalue weighted by atomic mass is 15.4. The highest BCUT2D eigenvalue weighted by Gasteiger charge is 2.11. The largest absolute Gasteiger partial charge is 0.271 e. The Morgan fingerprint density at radius 1 is 1.14 bits per heavy atom. The van der Waals surface area contributed by atoms with Gasteiger partial charge in [0, 0.05) is 25.7 Å². The highest BCUT2D eigenvalue weighted by molar-refractivity contribution is 5.82. The van der Waals surface area contributed by atoms with Crippen LogP contribution in [-0.4, -0.2) is 21.0 Å². The molecule has 108 valence electrons. The number of hydrogen-bond donors (Lipinski definition) is 2. The zero-order chi connectivity index (χ0) is 14.7. The first-order chi connectivity index (χ1) is 10.2. The van der Waals surface area contributed by atoms with Crippen LogP contribution in [0.15, 0.2) is 48.7 Å². The maximum atomic E-state index is 5.68. The van der Waals surface area contributed by atoms with E-state index in [0.29, 0.717) is 0 Å². The van der Waals surface area contributed by atoms with Gasteiger partial charge in [-0.05, 0) is 22.8 Å². The molecule has 2 aromatic carbocycles. The highest BCUT2D eigenvalue weighted by Crippen LogP contribution is 2.17. The topological polar surface area (TPSA) is 68.8 Å². The standard InChI is InChI=1S/C16H19N5/c1-21-11-16(19-20-21)10-15(18-17)9-12-6-7-13-4-2-3-5-14(13)8-12/h2-8,11,15,18H,9-10,17H2,1H3. The van der Waals surface area contributed by atoms with Gasteiger partial charge in [-0.2, -0.15) is 0 Å². The number of nitrogens with zero attached hydrogens (tertiary/aromatic N) is 3. The van der Waals surface area contributed by atoms with Gasteiger partial charge in [-0.15, -0.1) is 5.10 Å². The Labute approximate surface area is 123 Å². The molecule has 1 unspecified atom stereocenters. The first-order valence-electron chi connectivity index (χ1n) is 7.03. The molecule has 0 bridgehead atoms. The molecule has 3 rings (SSSR count). The Morgan fingerprint density at radius 3 is 2.67 bits per heavy atom. The van der Waals surface area contributed by atoms with Crippen molar-refractivity contribution in [2.45, 2.75) is 18.9 Å². The number of nitrogens with two attached hydrogens (primary N) is 1. The molecular weight excluding hydrogens is 262 g/mol. The number of benzene rings is 2. The zero-order valence-corrected chi connectivity index (χ0v) is 12.0. The van der Waals surface area contributed by atoms with Crippen LogP contribution in [-0.2, 0) is 19.9 Å². The van der Waals surface area contributed by atoms with Gasteiger partial charge in [0.05, 0.1) is 5.69 Å². The molecule has 21 heavy (non-hydrogen) atoms. The summed E-state index contributed by atoms with van der Waals surface area (Å²) in [5.41, 5.74) is 5.09. The van der Waals surface area contributed by atoms with Gasteiger partial charge in [0.25, 0.3) is 0 Å². The van der Waals surface area contributed by atoms with Crippen LogP contribution in [0, 0.1) is 0 Å². The summed E-state index contributed by atoms with van der Waals surface area (Å²) in [7, 11) is 1.87. The fraction of sp³-hybridized carbons (Fsp3) is 0.250. The number of nitrogens with one attached hydrogen (secondary N) is 1. The van der Waals surface area contributed by atoms with Crippen molar-refractivity contribution in [3.05, 3.63) is 59.9 Å². The summed E-state index contributed by atoms with van der Waals surface area (Å²) in [6, 6.07) is 15.0. The number of aryl methyl sites for hydroxylation is 1. The second kappa shape index (κ2) is 6.03. The smallest absolute Gasteiger partial charge is 0.0843 e.